The van der Waals surface area contributed by atoms with Crippen LogP contribution in [0.25, 0.3) is 0 Å². The summed E-state index contributed by atoms with van der Waals surface area (Å²) in [6.45, 7) is 13.0. The Morgan fingerprint density at radius 3 is 2.11 bits per heavy atom. The van der Waals surface area contributed by atoms with E-state index in [0.717, 1.165) is 77.0 Å². The second-order valence-electron chi connectivity index (χ2n) is 19.2. The summed E-state index contributed by atoms with van der Waals surface area (Å²) >= 11 is 0. The molecule has 296 valence electrons. The van der Waals surface area contributed by atoms with E-state index in [4.69, 9.17) is 4.74 Å². The van der Waals surface area contributed by atoms with Gasteiger partial charge in [0.05, 0.1) is 12.1 Å². The lowest BCUT2D eigenvalue weighted by Gasteiger charge is -2.43. The van der Waals surface area contributed by atoms with Crippen molar-refractivity contribution >= 4 is 35.6 Å². The lowest BCUT2D eigenvalue weighted by molar-refractivity contribution is -0.146. The number of nitrogens with zero attached hydrogens (tertiary/aromatic N) is 1. The van der Waals surface area contributed by atoms with Gasteiger partial charge in [0.15, 0.2) is 0 Å². The average Bonchev–Trinajstić information content (AvgIpc) is 3.91. The van der Waals surface area contributed by atoms with Gasteiger partial charge in [-0.15, -0.1) is 0 Å². The van der Waals surface area contributed by atoms with Crippen molar-refractivity contribution in [1.29, 1.82) is 0 Å². The Morgan fingerprint density at radius 1 is 0.849 bits per heavy atom. The second-order valence-corrected chi connectivity index (χ2v) is 19.2. The number of likely N-dealkylation sites (tertiary alicyclic amines) is 1. The topological polar surface area (TPSA) is 175 Å². The highest BCUT2D eigenvalue weighted by Gasteiger charge is 2.70. The van der Waals surface area contributed by atoms with Crippen LogP contribution in [0.1, 0.15) is 125 Å². The minimum atomic E-state index is -0.956. The standard InChI is InChI=1S/C40H64N6O7/c1-38(2,3)28(22-53-37(52)41-20-24-12-13-24)44-36(51)45-32(40(6)18-8-7-9-19-40)35(50)46-21-26-29(39(26,4)5)30(46)33(48)43-27(17-14-23-10-11-23)31(47)34(49)42-25-15-16-25/h23-30,32H,7-22H2,1-6H3,(H,41,52)(H,42,49)(H,43,48)(H2,44,45,51)/t26-,27?,28+,29-,30?,32+/m0/s1. The number of urea groups is 1. The van der Waals surface area contributed by atoms with Crippen molar-refractivity contribution in [2.45, 2.75) is 155 Å². The van der Waals surface area contributed by atoms with E-state index in [-0.39, 0.29) is 35.8 Å². The van der Waals surface area contributed by atoms with Crippen molar-refractivity contribution in [2.75, 3.05) is 19.7 Å². The summed E-state index contributed by atoms with van der Waals surface area (Å²) in [6, 6.07) is -3.73. The maximum Gasteiger partial charge on any atom is 0.407 e. The number of ketones is 1. The highest BCUT2D eigenvalue weighted by molar-refractivity contribution is 6.38. The molecule has 0 aromatic heterocycles. The molecule has 1 heterocycles. The number of alkyl carbamates (subject to hydrolysis) is 1. The minimum absolute atomic E-state index is 0.0210. The largest absolute Gasteiger partial charge is 0.447 e. The predicted octanol–water partition coefficient (Wildman–Crippen LogP) is 4.18. The first-order valence-electron chi connectivity index (χ1n) is 20.4. The Hall–Kier alpha value is -3.38. The molecule has 5 saturated carbocycles. The fraction of sp³-hybridized carbons (Fsp3) is 0.850. The third kappa shape index (κ3) is 9.65. The smallest absolute Gasteiger partial charge is 0.407 e. The number of piperidine rings is 1. The van der Waals surface area contributed by atoms with Crippen LogP contribution in [0, 0.1) is 39.9 Å². The highest BCUT2D eigenvalue weighted by Crippen LogP contribution is 2.65. The van der Waals surface area contributed by atoms with E-state index in [9.17, 15) is 28.8 Å². The molecule has 6 fully saturated rings. The van der Waals surface area contributed by atoms with Crippen molar-refractivity contribution in [2.24, 2.45) is 39.9 Å². The molecule has 5 N–H and O–H groups in total. The normalized spacial score (nSPS) is 27.3. The number of carbonyl (C=O) groups excluding carboxylic acids is 6. The van der Waals surface area contributed by atoms with Crippen LogP contribution in [0.3, 0.4) is 0 Å². The van der Waals surface area contributed by atoms with Crippen LogP contribution in [0.5, 0.6) is 0 Å². The van der Waals surface area contributed by atoms with Crippen LogP contribution >= 0.6 is 0 Å². The molecular formula is C40H64N6O7. The van der Waals surface area contributed by atoms with Crippen LogP contribution < -0.4 is 26.6 Å². The molecule has 13 nitrogen and oxygen atoms in total. The molecule has 6 rings (SSSR count). The molecule has 1 aliphatic heterocycles. The zero-order valence-electron chi connectivity index (χ0n) is 32.8. The third-order valence-electron chi connectivity index (χ3n) is 13.3. The van der Waals surface area contributed by atoms with E-state index < -0.39 is 64.7 Å². The Bertz CT molecular complexity index is 1420. The molecule has 0 aromatic rings. The number of nitrogens with one attached hydrogen (secondary N) is 5. The van der Waals surface area contributed by atoms with Gasteiger partial charge in [-0.1, -0.05) is 73.6 Å². The summed E-state index contributed by atoms with van der Waals surface area (Å²) in [5.41, 5.74) is -1.18. The lowest BCUT2D eigenvalue weighted by atomic mass is 9.70. The molecule has 2 unspecified atom stereocenters. The zero-order chi connectivity index (χ0) is 38.3. The Balaban J connectivity index is 1.17. The number of hydrogen-bond acceptors (Lipinski definition) is 7. The quantitative estimate of drug-likeness (QED) is 0.148. The number of ether oxygens (including phenoxy) is 1. The van der Waals surface area contributed by atoms with Gasteiger partial charge in [0.25, 0.3) is 5.91 Å². The SMILES string of the molecule is CC(C)(C)[C@@H](COC(=O)NCC1CC1)NC(=O)N[C@H](C(=O)N1C[C@H]2[C@@H](C1C(=O)NC(CCC1CC1)C(=O)C(=O)NC1CC1)C2(C)C)C1(C)CCCCC1. The predicted molar refractivity (Wildman–Crippen MR) is 198 cm³/mol. The van der Waals surface area contributed by atoms with Crippen LogP contribution in [0.4, 0.5) is 9.59 Å². The number of carbonyl (C=O) groups is 6. The van der Waals surface area contributed by atoms with Crippen LogP contribution in [-0.2, 0) is 23.9 Å². The average molecular weight is 741 g/mol. The monoisotopic (exact) mass is 740 g/mol. The van der Waals surface area contributed by atoms with Crippen LogP contribution in [0.15, 0.2) is 0 Å². The van der Waals surface area contributed by atoms with E-state index in [0.29, 0.717) is 31.3 Å². The van der Waals surface area contributed by atoms with Crippen LogP contribution in [0.2, 0.25) is 0 Å². The van der Waals surface area contributed by atoms with E-state index >= 15 is 0 Å². The Labute approximate surface area is 315 Å². The van der Waals surface area contributed by atoms with Gasteiger partial charge in [0, 0.05) is 19.1 Å². The highest BCUT2D eigenvalue weighted by atomic mass is 16.5. The molecule has 0 radical (unpaired) electrons. The van der Waals surface area contributed by atoms with Crippen molar-refractivity contribution in [3.8, 4) is 0 Å². The first kappa shape index (κ1) is 39.3. The van der Waals surface area contributed by atoms with E-state index in [2.05, 4.69) is 40.4 Å². The summed E-state index contributed by atoms with van der Waals surface area (Å²) in [6.07, 6.45) is 11.1. The number of fused-ring (bicyclic) bond motifs is 1. The second kappa shape index (κ2) is 15.4. The zero-order valence-corrected chi connectivity index (χ0v) is 32.8. The summed E-state index contributed by atoms with van der Waals surface area (Å²) < 4.78 is 5.51. The molecule has 6 aliphatic rings. The van der Waals surface area contributed by atoms with Crippen LogP contribution in [-0.4, -0.2) is 90.4 Å². The van der Waals surface area contributed by atoms with Crippen molar-refractivity contribution in [3.63, 3.8) is 0 Å². The molecular weight excluding hydrogens is 676 g/mol. The Morgan fingerprint density at radius 2 is 1.51 bits per heavy atom. The van der Waals surface area contributed by atoms with E-state index in [1.165, 1.54) is 0 Å². The van der Waals surface area contributed by atoms with E-state index in [1.54, 1.807) is 4.90 Å². The molecule has 5 aliphatic carbocycles. The minimum Gasteiger partial charge on any atom is -0.447 e. The lowest BCUT2D eigenvalue weighted by Crippen LogP contribution is -2.63. The fourth-order valence-corrected chi connectivity index (χ4v) is 8.74. The summed E-state index contributed by atoms with van der Waals surface area (Å²) in [5.74, 6) is -0.986. The first-order valence-corrected chi connectivity index (χ1v) is 20.4. The first-order chi connectivity index (χ1) is 25.0. The number of hydrogen-bond donors (Lipinski definition) is 5. The molecule has 6 amide bonds. The van der Waals surface area contributed by atoms with Crippen molar-refractivity contribution < 1.29 is 33.5 Å². The number of rotatable bonds is 16. The third-order valence-corrected chi connectivity index (χ3v) is 13.3. The number of Topliss-reactive ketones (excluding diaryl/α,β-unsaturated/α-hetero) is 1. The maximum atomic E-state index is 14.9. The van der Waals surface area contributed by atoms with Crippen molar-refractivity contribution in [3.05, 3.63) is 0 Å². The van der Waals surface area contributed by atoms with Gasteiger partial charge in [0.1, 0.15) is 18.7 Å². The van der Waals surface area contributed by atoms with Gasteiger partial charge in [-0.3, -0.25) is 19.2 Å². The summed E-state index contributed by atoms with van der Waals surface area (Å²) in [7, 11) is 0. The number of amides is 6. The molecule has 1 saturated heterocycles. The van der Waals surface area contributed by atoms with Gasteiger partial charge in [-0.25, -0.2) is 9.59 Å². The molecule has 6 atom stereocenters. The molecule has 53 heavy (non-hydrogen) atoms. The molecule has 0 aromatic carbocycles. The fourth-order valence-electron chi connectivity index (χ4n) is 8.74. The van der Waals surface area contributed by atoms with Gasteiger partial charge in [-0.05, 0) is 91.3 Å². The van der Waals surface area contributed by atoms with Crippen molar-refractivity contribution in [1.82, 2.24) is 31.5 Å². The van der Waals surface area contributed by atoms with Gasteiger partial charge in [-0.2, -0.15) is 0 Å². The van der Waals surface area contributed by atoms with E-state index in [1.807, 2.05) is 27.7 Å². The molecule has 0 bridgehead atoms. The Kier molecular flexibility index (Phi) is 11.4. The maximum absolute atomic E-state index is 14.9. The molecule has 13 heteroatoms. The van der Waals surface area contributed by atoms with Gasteiger partial charge >= 0.3 is 12.1 Å². The van der Waals surface area contributed by atoms with Gasteiger partial charge in [0.2, 0.25) is 17.6 Å². The summed E-state index contributed by atoms with van der Waals surface area (Å²) in [5, 5.41) is 14.6. The molecule has 0 spiro atoms. The van der Waals surface area contributed by atoms with Gasteiger partial charge < -0.3 is 36.2 Å². The summed E-state index contributed by atoms with van der Waals surface area (Å²) in [4.78, 5) is 83.4.